The molecule has 10 heteroatoms. The van der Waals surface area contributed by atoms with Gasteiger partial charge in [0.2, 0.25) is 0 Å². The normalized spacial score (nSPS) is 17.2. The Kier molecular flexibility index (Phi) is 4.07. The Labute approximate surface area is 156 Å². The highest BCUT2D eigenvalue weighted by atomic mass is 19.4. The van der Waals surface area contributed by atoms with Gasteiger partial charge in [-0.2, -0.15) is 13.2 Å². The SMILES string of the molecule is [C-]#[N+][C@@H]1CN(c2ccc(C(F)(F)F)nn2)C(=O)N1c1cncc2ccccc12. The van der Waals surface area contributed by atoms with Crippen molar-refractivity contribution in [2.24, 2.45) is 0 Å². The number of aromatic nitrogens is 3. The summed E-state index contributed by atoms with van der Waals surface area (Å²) < 4.78 is 38.1. The average molecular weight is 384 g/mol. The summed E-state index contributed by atoms with van der Waals surface area (Å²) in [5.74, 6) is -0.0534. The van der Waals surface area contributed by atoms with Crippen molar-refractivity contribution in [3.05, 3.63) is 65.9 Å². The van der Waals surface area contributed by atoms with Crippen molar-refractivity contribution in [1.82, 2.24) is 15.2 Å². The van der Waals surface area contributed by atoms with E-state index in [2.05, 4.69) is 20.0 Å². The van der Waals surface area contributed by atoms with Crippen LogP contribution in [0.15, 0.2) is 48.8 Å². The van der Waals surface area contributed by atoms with Crippen LogP contribution >= 0.6 is 0 Å². The van der Waals surface area contributed by atoms with Crippen LogP contribution in [-0.2, 0) is 6.18 Å². The third kappa shape index (κ3) is 2.87. The molecule has 0 spiro atoms. The van der Waals surface area contributed by atoms with Gasteiger partial charge in [0.25, 0.3) is 0 Å². The molecule has 0 aliphatic carbocycles. The zero-order valence-corrected chi connectivity index (χ0v) is 14.1. The number of alkyl halides is 3. The first-order chi connectivity index (χ1) is 13.4. The monoisotopic (exact) mass is 384 g/mol. The maximum Gasteiger partial charge on any atom is 0.435 e. The lowest BCUT2D eigenvalue weighted by molar-refractivity contribution is -0.141. The van der Waals surface area contributed by atoms with E-state index in [9.17, 15) is 18.0 Å². The second-order valence-corrected chi connectivity index (χ2v) is 6.03. The molecule has 4 rings (SSSR count). The van der Waals surface area contributed by atoms with Crippen LogP contribution in [0, 0.1) is 6.57 Å². The number of anilines is 2. The first-order valence-corrected chi connectivity index (χ1v) is 8.11. The summed E-state index contributed by atoms with van der Waals surface area (Å²) in [6, 6.07) is 8.52. The molecule has 0 radical (unpaired) electrons. The summed E-state index contributed by atoms with van der Waals surface area (Å²) in [5, 5.41) is 8.21. The number of hydrogen-bond acceptors (Lipinski definition) is 4. The maximum atomic E-state index is 13.0. The number of benzene rings is 1. The van der Waals surface area contributed by atoms with Crippen LogP contribution in [0.25, 0.3) is 15.6 Å². The molecule has 0 N–H and O–H groups in total. The minimum absolute atomic E-state index is 0.0500. The third-order valence-electron chi connectivity index (χ3n) is 4.35. The Morgan fingerprint density at radius 3 is 2.57 bits per heavy atom. The number of halogens is 3. The van der Waals surface area contributed by atoms with Gasteiger partial charge in [0.15, 0.2) is 11.5 Å². The van der Waals surface area contributed by atoms with E-state index in [4.69, 9.17) is 6.57 Å². The molecular formula is C18H11F3N6O. The van der Waals surface area contributed by atoms with Gasteiger partial charge >= 0.3 is 18.4 Å². The Morgan fingerprint density at radius 1 is 1.11 bits per heavy atom. The summed E-state index contributed by atoms with van der Waals surface area (Å²) in [7, 11) is 0. The smallest absolute Gasteiger partial charge is 0.287 e. The Hall–Kier alpha value is -3.74. The van der Waals surface area contributed by atoms with Gasteiger partial charge in [0, 0.05) is 17.0 Å². The van der Waals surface area contributed by atoms with E-state index in [1.165, 1.54) is 11.1 Å². The van der Waals surface area contributed by atoms with Gasteiger partial charge in [-0.3, -0.25) is 14.7 Å². The van der Waals surface area contributed by atoms with E-state index >= 15 is 0 Å². The van der Waals surface area contributed by atoms with Gasteiger partial charge < -0.3 is 0 Å². The Balaban J connectivity index is 1.73. The molecule has 3 heterocycles. The number of carbonyl (C=O) groups is 1. The number of hydrogen-bond donors (Lipinski definition) is 0. The largest absolute Gasteiger partial charge is 0.435 e. The van der Waals surface area contributed by atoms with E-state index < -0.39 is 24.1 Å². The summed E-state index contributed by atoms with van der Waals surface area (Å²) in [5.41, 5.74) is -0.703. The Morgan fingerprint density at radius 2 is 1.89 bits per heavy atom. The Bertz CT molecular complexity index is 1090. The second-order valence-electron chi connectivity index (χ2n) is 6.03. The fourth-order valence-electron chi connectivity index (χ4n) is 3.05. The van der Waals surface area contributed by atoms with E-state index in [-0.39, 0.29) is 12.4 Å². The fourth-order valence-corrected chi connectivity index (χ4v) is 3.05. The number of rotatable bonds is 2. The van der Waals surface area contributed by atoms with E-state index in [1.54, 1.807) is 18.3 Å². The van der Waals surface area contributed by atoms with Crippen molar-refractivity contribution < 1.29 is 18.0 Å². The van der Waals surface area contributed by atoms with Crippen LogP contribution in [-0.4, -0.2) is 33.9 Å². The minimum Gasteiger partial charge on any atom is -0.287 e. The molecule has 1 fully saturated rings. The zero-order valence-electron chi connectivity index (χ0n) is 14.1. The number of nitrogens with zero attached hydrogens (tertiary/aromatic N) is 6. The lowest BCUT2D eigenvalue weighted by atomic mass is 10.1. The summed E-state index contributed by atoms with van der Waals surface area (Å²) in [6.07, 6.45) is -2.37. The van der Waals surface area contributed by atoms with Crippen LogP contribution in [0.2, 0.25) is 0 Å². The zero-order chi connectivity index (χ0) is 19.9. The van der Waals surface area contributed by atoms with Gasteiger partial charge in [-0.25, -0.2) is 16.3 Å². The molecule has 1 saturated heterocycles. The standard InChI is InChI=1S/C18H11F3N6O/c1-22-16-10-26(15-7-6-14(24-25-15)18(19,20)21)17(28)27(16)13-9-23-8-11-4-2-3-5-12(11)13/h2-9,16H,10H2/t16-/m0/s1. The van der Waals surface area contributed by atoms with Crippen LogP contribution in [0.1, 0.15) is 5.69 Å². The molecule has 7 nitrogen and oxygen atoms in total. The van der Waals surface area contributed by atoms with Crippen molar-refractivity contribution in [3.63, 3.8) is 0 Å². The van der Waals surface area contributed by atoms with E-state index in [0.717, 1.165) is 27.8 Å². The molecular weight excluding hydrogens is 373 g/mol. The van der Waals surface area contributed by atoms with Crippen LogP contribution in [0.3, 0.4) is 0 Å². The van der Waals surface area contributed by atoms with Crippen molar-refractivity contribution in [2.75, 3.05) is 16.3 Å². The van der Waals surface area contributed by atoms with Gasteiger partial charge in [0.1, 0.15) is 6.54 Å². The highest BCUT2D eigenvalue weighted by molar-refractivity contribution is 6.11. The molecule has 140 valence electrons. The van der Waals surface area contributed by atoms with E-state index in [0.29, 0.717) is 5.69 Å². The van der Waals surface area contributed by atoms with Crippen LogP contribution in [0.5, 0.6) is 0 Å². The molecule has 0 bridgehead atoms. The summed E-state index contributed by atoms with van der Waals surface area (Å²) in [6.45, 7) is 7.40. The molecule has 0 saturated carbocycles. The highest BCUT2D eigenvalue weighted by Gasteiger charge is 2.45. The number of urea groups is 1. The van der Waals surface area contributed by atoms with Crippen molar-refractivity contribution in [3.8, 4) is 0 Å². The molecule has 1 aliphatic heterocycles. The average Bonchev–Trinajstić information content (AvgIpc) is 3.03. The second kappa shape index (κ2) is 6.45. The lowest BCUT2D eigenvalue weighted by Crippen LogP contribution is -2.34. The van der Waals surface area contributed by atoms with E-state index in [1.807, 2.05) is 12.1 Å². The van der Waals surface area contributed by atoms with Gasteiger partial charge in [-0.05, 0) is 12.1 Å². The van der Waals surface area contributed by atoms with Crippen molar-refractivity contribution >= 4 is 28.3 Å². The summed E-state index contributed by atoms with van der Waals surface area (Å²) >= 11 is 0. The molecule has 1 atom stereocenters. The predicted octanol–water partition coefficient (Wildman–Crippen LogP) is 3.74. The number of carbonyl (C=O) groups excluding carboxylic acids is 1. The van der Waals surface area contributed by atoms with Crippen LogP contribution < -0.4 is 9.80 Å². The molecule has 0 unspecified atom stereocenters. The topological polar surface area (TPSA) is 66.6 Å². The number of pyridine rings is 1. The third-order valence-corrected chi connectivity index (χ3v) is 4.35. The quantitative estimate of drug-likeness (QED) is 0.632. The van der Waals surface area contributed by atoms with Crippen LogP contribution in [0.4, 0.5) is 29.5 Å². The summed E-state index contributed by atoms with van der Waals surface area (Å²) in [4.78, 5) is 23.0. The number of fused-ring (bicyclic) bond motifs is 1. The first kappa shape index (κ1) is 17.7. The highest BCUT2D eigenvalue weighted by Crippen LogP contribution is 2.34. The fraction of sp³-hybridized carbons (Fsp3) is 0.167. The number of amides is 2. The van der Waals surface area contributed by atoms with Gasteiger partial charge in [0.05, 0.1) is 11.9 Å². The minimum atomic E-state index is -4.62. The van der Waals surface area contributed by atoms with Gasteiger partial charge in [-0.15, -0.1) is 10.2 Å². The van der Waals surface area contributed by atoms with Gasteiger partial charge in [-0.1, -0.05) is 24.3 Å². The maximum absolute atomic E-state index is 13.0. The molecule has 1 aliphatic rings. The first-order valence-electron chi connectivity index (χ1n) is 8.11. The molecule has 28 heavy (non-hydrogen) atoms. The molecule has 2 aromatic heterocycles. The molecule has 2 amide bonds. The van der Waals surface area contributed by atoms with Crippen molar-refractivity contribution in [2.45, 2.75) is 12.3 Å². The lowest BCUT2D eigenvalue weighted by Gasteiger charge is -2.18. The molecule has 3 aromatic rings. The van der Waals surface area contributed by atoms with Crippen molar-refractivity contribution in [1.29, 1.82) is 0 Å². The molecule has 1 aromatic carbocycles. The predicted molar refractivity (Wildman–Crippen MR) is 94.4 cm³/mol.